The highest BCUT2D eigenvalue weighted by atomic mass is 19.1. The molecule has 3 aromatic heterocycles. The number of aryl methyl sites for hydroxylation is 1. The van der Waals surface area contributed by atoms with Crippen LogP contribution in [0.5, 0.6) is 0 Å². The largest absolute Gasteiger partial charge is 0.325 e. The zero-order valence-corrected chi connectivity index (χ0v) is 18.0. The molecule has 9 heteroatoms. The molecule has 0 aliphatic heterocycles. The maximum Gasteiger partial charge on any atom is 0.290 e. The number of halogens is 1. The molecule has 2 unspecified atom stereocenters. The summed E-state index contributed by atoms with van der Waals surface area (Å²) in [6, 6.07) is 11.4. The molecule has 164 valence electrons. The average molecular weight is 441 g/mol. The number of rotatable bonds is 3. The van der Waals surface area contributed by atoms with Crippen LogP contribution in [0.3, 0.4) is 0 Å². The fourth-order valence-electron chi connectivity index (χ4n) is 4.70. The molecule has 8 nitrogen and oxygen atoms in total. The number of fused-ring (bicyclic) bond motifs is 2. The molecule has 1 aromatic carbocycles. The normalized spacial score (nSPS) is 19.7. The van der Waals surface area contributed by atoms with Crippen molar-refractivity contribution in [3.8, 4) is 17.2 Å². The first kappa shape index (κ1) is 20.7. The minimum atomic E-state index is -1.16. The summed E-state index contributed by atoms with van der Waals surface area (Å²) < 4.78 is 17.2. The number of H-pyrrole nitrogens is 1. The predicted octanol–water partition coefficient (Wildman–Crippen LogP) is 3.07. The van der Waals surface area contributed by atoms with E-state index in [0.717, 1.165) is 5.56 Å². The second-order valence-corrected chi connectivity index (χ2v) is 8.25. The van der Waals surface area contributed by atoms with E-state index in [-0.39, 0.29) is 12.1 Å². The summed E-state index contributed by atoms with van der Waals surface area (Å²) in [5, 5.41) is 21.5. The Labute approximate surface area is 188 Å². The van der Waals surface area contributed by atoms with Gasteiger partial charge in [0.2, 0.25) is 0 Å². The monoisotopic (exact) mass is 441 g/mol. The van der Waals surface area contributed by atoms with Crippen LogP contribution in [0.2, 0.25) is 0 Å². The van der Waals surface area contributed by atoms with Crippen LogP contribution >= 0.6 is 0 Å². The van der Waals surface area contributed by atoms with Gasteiger partial charge in [0.1, 0.15) is 11.3 Å². The summed E-state index contributed by atoms with van der Waals surface area (Å²) in [6.07, 6.45) is 4.64. The molecule has 33 heavy (non-hydrogen) atoms. The Morgan fingerprint density at radius 2 is 2.12 bits per heavy atom. The summed E-state index contributed by atoms with van der Waals surface area (Å²) in [5.74, 6) is -1.31. The van der Waals surface area contributed by atoms with Gasteiger partial charge in [-0.15, -0.1) is 0 Å². The minimum absolute atomic E-state index is 0.113. The Morgan fingerprint density at radius 3 is 2.88 bits per heavy atom. The first-order valence-electron chi connectivity index (χ1n) is 10.4. The van der Waals surface area contributed by atoms with Gasteiger partial charge in [-0.1, -0.05) is 24.3 Å². The van der Waals surface area contributed by atoms with Crippen molar-refractivity contribution in [2.24, 2.45) is 12.8 Å². The van der Waals surface area contributed by atoms with Crippen LogP contribution in [0.25, 0.3) is 28.1 Å². The standard InChI is InChI=1S/C24H20FN7O/c1-24(12-27)17-6-4-3-5-13(17)8-18(25)20(24)22-16(11-29-32(22)2)14-7-15-19(9-26)30-31-23(33)21(15)28-10-14/h3-8,10-11,20H,9,26H2,1-2H3,(H,31,33). The van der Waals surface area contributed by atoms with Crippen molar-refractivity contribution in [3.05, 3.63) is 81.4 Å². The Bertz CT molecular complexity index is 1540. The zero-order chi connectivity index (χ0) is 23.3. The number of hydrogen-bond acceptors (Lipinski definition) is 6. The van der Waals surface area contributed by atoms with Gasteiger partial charge in [0.05, 0.1) is 35.0 Å². The number of nitrogens with two attached hydrogens (primary N) is 1. The number of nitriles is 1. The second kappa shape index (κ2) is 7.46. The van der Waals surface area contributed by atoms with E-state index in [1.807, 2.05) is 18.2 Å². The van der Waals surface area contributed by atoms with Gasteiger partial charge in [-0.05, 0) is 30.2 Å². The van der Waals surface area contributed by atoms with E-state index in [9.17, 15) is 10.1 Å². The SMILES string of the molecule is Cn1ncc(-c2cnc3c(=O)[nH]nc(CN)c3c2)c1C1C(F)=Cc2ccccc2C1(C)C#N. The van der Waals surface area contributed by atoms with Gasteiger partial charge in [-0.3, -0.25) is 9.48 Å². The summed E-state index contributed by atoms with van der Waals surface area (Å²) in [6.45, 7) is 1.86. The number of pyridine rings is 1. The van der Waals surface area contributed by atoms with Crippen LogP contribution in [0.1, 0.15) is 35.4 Å². The van der Waals surface area contributed by atoms with E-state index >= 15 is 4.39 Å². The van der Waals surface area contributed by atoms with E-state index in [4.69, 9.17) is 5.73 Å². The summed E-state index contributed by atoms with van der Waals surface area (Å²) in [7, 11) is 1.72. The molecule has 0 fully saturated rings. The van der Waals surface area contributed by atoms with Crippen LogP contribution in [-0.2, 0) is 19.0 Å². The molecule has 5 rings (SSSR count). The molecule has 3 N–H and O–H groups in total. The fraction of sp³-hybridized carbons (Fsp3) is 0.208. The van der Waals surface area contributed by atoms with E-state index in [0.29, 0.717) is 33.5 Å². The highest BCUT2D eigenvalue weighted by Gasteiger charge is 2.46. The number of nitrogens with zero attached hydrogens (tertiary/aromatic N) is 5. The smallest absolute Gasteiger partial charge is 0.290 e. The molecule has 4 aromatic rings. The maximum absolute atomic E-state index is 15.7. The van der Waals surface area contributed by atoms with Crippen LogP contribution in [0.4, 0.5) is 4.39 Å². The number of nitrogens with one attached hydrogen (secondary N) is 1. The van der Waals surface area contributed by atoms with Crippen molar-refractivity contribution in [1.82, 2.24) is 25.0 Å². The van der Waals surface area contributed by atoms with E-state index in [1.165, 1.54) is 6.08 Å². The minimum Gasteiger partial charge on any atom is -0.325 e. The zero-order valence-electron chi connectivity index (χ0n) is 18.0. The van der Waals surface area contributed by atoms with Gasteiger partial charge >= 0.3 is 0 Å². The van der Waals surface area contributed by atoms with E-state index in [1.54, 1.807) is 43.2 Å². The third-order valence-electron chi connectivity index (χ3n) is 6.37. The Balaban J connectivity index is 1.75. The molecule has 0 saturated carbocycles. The highest BCUT2D eigenvalue weighted by molar-refractivity contribution is 5.85. The average Bonchev–Trinajstić information content (AvgIpc) is 3.20. The van der Waals surface area contributed by atoms with E-state index < -0.39 is 22.7 Å². The lowest BCUT2D eigenvalue weighted by atomic mass is 9.65. The number of hydrogen-bond donors (Lipinski definition) is 2. The molecule has 0 bridgehead atoms. The molecule has 3 heterocycles. The lowest BCUT2D eigenvalue weighted by Gasteiger charge is -2.36. The number of aromatic amines is 1. The van der Waals surface area contributed by atoms with Gasteiger partial charge in [0, 0.05) is 36.3 Å². The van der Waals surface area contributed by atoms with Crippen LogP contribution in [-0.4, -0.2) is 25.0 Å². The topological polar surface area (TPSA) is 126 Å². The van der Waals surface area contributed by atoms with Crippen molar-refractivity contribution in [2.45, 2.75) is 24.8 Å². The summed E-state index contributed by atoms with van der Waals surface area (Å²) in [5.41, 5.74) is 8.14. The van der Waals surface area contributed by atoms with Crippen LogP contribution in [0, 0.1) is 11.3 Å². The first-order chi connectivity index (χ1) is 15.9. The Hall–Kier alpha value is -4.16. The van der Waals surface area contributed by atoms with Gasteiger partial charge in [0.25, 0.3) is 5.56 Å². The Morgan fingerprint density at radius 1 is 1.33 bits per heavy atom. The van der Waals surface area contributed by atoms with Crippen LogP contribution in [0.15, 0.2) is 53.3 Å². The molecule has 0 saturated heterocycles. The van der Waals surface area contributed by atoms with Gasteiger partial charge < -0.3 is 5.73 Å². The lowest BCUT2D eigenvalue weighted by molar-refractivity contribution is 0.415. The van der Waals surface area contributed by atoms with Gasteiger partial charge in [-0.25, -0.2) is 14.5 Å². The number of aromatic nitrogens is 5. The first-order valence-corrected chi connectivity index (χ1v) is 10.4. The molecule has 2 atom stereocenters. The highest BCUT2D eigenvalue weighted by Crippen LogP contribution is 2.51. The number of benzene rings is 1. The Kier molecular flexibility index (Phi) is 4.69. The third-order valence-corrected chi connectivity index (χ3v) is 6.37. The van der Waals surface area contributed by atoms with E-state index in [2.05, 4.69) is 26.3 Å². The van der Waals surface area contributed by atoms with Crippen molar-refractivity contribution >= 4 is 17.0 Å². The predicted molar refractivity (Wildman–Crippen MR) is 121 cm³/mol. The molecule has 0 amide bonds. The molecule has 0 spiro atoms. The molecule has 1 aliphatic rings. The van der Waals surface area contributed by atoms with Crippen molar-refractivity contribution in [1.29, 1.82) is 5.26 Å². The van der Waals surface area contributed by atoms with Crippen LogP contribution < -0.4 is 11.3 Å². The van der Waals surface area contributed by atoms with Crippen molar-refractivity contribution in [2.75, 3.05) is 0 Å². The lowest BCUT2D eigenvalue weighted by Crippen LogP contribution is -2.34. The molecule has 0 radical (unpaired) electrons. The molecule has 1 aliphatic carbocycles. The molecular weight excluding hydrogens is 421 g/mol. The van der Waals surface area contributed by atoms with Gasteiger partial charge in [-0.2, -0.15) is 15.5 Å². The van der Waals surface area contributed by atoms with Crippen molar-refractivity contribution < 1.29 is 4.39 Å². The molecular formula is C24H20FN7O. The maximum atomic E-state index is 15.7. The quantitative estimate of drug-likeness (QED) is 0.503. The summed E-state index contributed by atoms with van der Waals surface area (Å²) >= 11 is 0. The summed E-state index contributed by atoms with van der Waals surface area (Å²) in [4.78, 5) is 16.5. The van der Waals surface area contributed by atoms with Gasteiger partial charge in [0.15, 0.2) is 0 Å². The van der Waals surface area contributed by atoms with Crippen molar-refractivity contribution in [3.63, 3.8) is 0 Å². The number of allylic oxidation sites excluding steroid dienone is 1. The fourth-order valence-corrected chi connectivity index (χ4v) is 4.70. The third kappa shape index (κ3) is 2.99. The second-order valence-electron chi connectivity index (χ2n) is 8.25.